The number of hydrogen-bond donors (Lipinski definition) is 0. The van der Waals surface area contributed by atoms with Crippen LogP contribution >= 0.6 is 0 Å². The molecule has 0 heterocycles. The summed E-state index contributed by atoms with van der Waals surface area (Å²) in [5.41, 5.74) is 2.35. The van der Waals surface area contributed by atoms with Gasteiger partial charge in [0.2, 0.25) is 0 Å². The van der Waals surface area contributed by atoms with Gasteiger partial charge in [-0.15, -0.1) is 0 Å². The fourth-order valence-corrected chi connectivity index (χ4v) is 6.76. The van der Waals surface area contributed by atoms with Crippen molar-refractivity contribution in [2.75, 3.05) is 79.3 Å². The number of benzene rings is 6. The van der Waals surface area contributed by atoms with Crippen LogP contribution in [0.5, 0.6) is 0 Å². The van der Waals surface area contributed by atoms with Crippen molar-refractivity contribution in [2.45, 2.75) is 25.7 Å². The topological polar surface area (TPSA) is 98.8 Å². The van der Waals surface area contributed by atoms with E-state index < -0.39 is 0 Å². The van der Waals surface area contributed by atoms with E-state index in [9.17, 15) is 9.59 Å². The summed E-state index contributed by atoms with van der Waals surface area (Å²) in [6, 6.07) is 37.5. The molecule has 0 atom stereocenters. The lowest BCUT2D eigenvalue weighted by molar-refractivity contribution is -0.146. The zero-order chi connectivity index (χ0) is 37.9. The molecule has 6 aromatic rings. The molecule has 0 fully saturated rings. The van der Waals surface area contributed by atoms with E-state index in [1.54, 1.807) is 0 Å². The van der Waals surface area contributed by atoms with E-state index in [0.29, 0.717) is 91.8 Å². The van der Waals surface area contributed by atoms with Crippen LogP contribution in [0.4, 0.5) is 0 Å². The summed E-state index contributed by atoms with van der Waals surface area (Å²) >= 11 is 0. The molecule has 0 unspecified atom stereocenters. The highest BCUT2D eigenvalue weighted by molar-refractivity contribution is 6.03. The lowest BCUT2D eigenvalue weighted by atomic mass is 9.94. The van der Waals surface area contributed by atoms with Crippen LogP contribution in [0.2, 0.25) is 0 Å². The van der Waals surface area contributed by atoms with Crippen molar-refractivity contribution >= 4 is 55.0 Å². The van der Waals surface area contributed by atoms with E-state index in [1.807, 2.05) is 48.5 Å². The van der Waals surface area contributed by atoms with Gasteiger partial charge < -0.3 is 33.2 Å². The molecule has 0 spiro atoms. The van der Waals surface area contributed by atoms with Crippen LogP contribution in [0, 0.1) is 0 Å². The highest BCUT2D eigenvalue weighted by Crippen LogP contribution is 2.31. The number of fused-ring (bicyclic) bond motifs is 4. The van der Waals surface area contributed by atoms with Gasteiger partial charge in [-0.25, -0.2) is 0 Å². The van der Waals surface area contributed by atoms with Crippen molar-refractivity contribution < 1.29 is 42.7 Å². The van der Waals surface area contributed by atoms with Gasteiger partial charge in [-0.05, 0) is 79.2 Å². The Morgan fingerprint density at radius 3 is 0.891 bits per heavy atom. The van der Waals surface area contributed by atoms with E-state index in [4.69, 9.17) is 33.2 Å². The first-order valence-corrected chi connectivity index (χ1v) is 19.2. The van der Waals surface area contributed by atoms with Crippen LogP contribution < -0.4 is 0 Å². The second-order valence-corrected chi connectivity index (χ2v) is 13.1. The Morgan fingerprint density at radius 2 is 0.600 bits per heavy atom. The molecule has 9 nitrogen and oxygen atoms in total. The number of hydrogen-bond acceptors (Lipinski definition) is 9. The summed E-state index contributed by atoms with van der Waals surface area (Å²) in [5, 5.41) is 9.37. The monoisotopic (exact) mass is 746 g/mol. The van der Waals surface area contributed by atoms with Crippen LogP contribution in [0.15, 0.2) is 109 Å². The van der Waals surface area contributed by atoms with Crippen molar-refractivity contribution in [1.82, 2.24) is 0 Å². The molecule has 0 bridgehead atoms. The number of carbonyl (C=O) groups excluding carboxylic acids is 2. The molecule has 0 aliphatic rings. The van der Waals surface area contributed by atoms with Gasteiger partial charge in [-0.1, -0.05) is 97.1 Å². The van der Waals surface area contributed by atoms with E-state index in [-0.39, 0.29) is 25.2 Å². The molecule has 0 aromatic heterocycles. The average Bonchev–Trinajstić information content (AvgIpc) is 3.21. The molecule has 0 amide bonds. The van der Waals surface area contributed by atoms with Crippen molar-refractivity contribution in [3.63, 3.8) is 0 Å². The fourth-order valence-electron chi connectivity index (χ4n) is 6.76. The van der Waals surface area contributed by atoms with Crippen LogP contribution in [0.25, 0.3) is 43.1 Å². The summed E-state index contributed by atoms with van der Waals surface area (Å²) in [6.45, 7) is 4.52. The van der Waals surface area contributed by atoms with E-state index in [1.165, 1.54) is 54.2 Å². The Morgan fingerprint density at radius 1 is 0.345 bits per heavy atom. The fraction of sp³-hybridized carbons (Fsp3) is 0.348. The van der Waals surface area contributed by atoms with Gasteiger partial charge in [0.05, 0.1) is 66.1 Å². The third-order valence-electron chi connectivity index (χ3n) is 9.39. The Balaban J connectivity index is 0.706. The number of esters is 2. The summed E-state index contributed by atoms with van der Waals surface area (Å²) < 4.78 is 38.5. The maximum Gasteiger partial charge on any atom is 0.306 e. The molecule has 6 rings (SSSR count). The van der Waals surface area contributed by atoms with E-state index in [2.05, 4.69) is 60.7 Å². The molecule has 9 heteroatoms. The minimum absolute atomic E-state index is 0.210. The first-order valence-electron chi connectivity index (χ1n) is 19.2. The van der Waals surface area contributed by atoms with Crippen LogP contribution in [0.1, 0.15) is 24.0 Å². The summed E-state index contributed by atoms with van der Waals surface area (Å²) in [5.74, 6) is -0.469. The highest BCUT2D eigenvalue weighted by atomic mass is 16.6. The standard InChI is InChI=1S/C46H50O9/c47-45(19-17-43-39-13-5-1-9-35(39)33-36-10-2-6-14-40(36)43)54-31-29-52-27-25-50-23-21-49-22-24-51-26-28-53-30-32-55-46(48)20-18-44-41-15-7-3-11-37(41)34-38-12-4-8-16-42(38)44/h1-16,33-34H,17-32H2. The molecule has 288 valence electrons. The maximum absolute atomic E-state index is 12.4. The minimum Gasteiger partial charge on any atom is -0.463 e. The molecule has 0 saturated heterocycles. The Hall–Kier alpha value is -4.90. The van der Waals surface area contributed by atoms with Gasteiger partial charge in [0, 0.05) is 12.8 Å². The number of aryl methyl sites for hydroxylation is 2. The van der Waals surface area contributed by atoms with Gasteiger partial charge in [-0.3, -0.25) is 9.59 Å². The zero-order valence-electron chi connectivity index (χ0n) is 31.4. The smallest absolute Gasteiger partial charge is 0.306 e. The normalized spacial score (nSPS) is 11.5. The predicted molar refractivity (Wildman–Crippen MR) is 216 cm³/mol. The van der Waals surface area contributed by atoms with Crippen molar-refractivity contribution in [3.8, 4) is 0 Å². The van der Waals surface area contributed by atoms with E-state index in [0.717, 1.165) is 0 Å². The molecule has 0 N–H and O–H groups in total. The quantitative estimate of drug-likeness (QED) is 0.0346. The van der Waals surface area contributed by atoms with Gasteiger partial charge in [0.25, 0.3) is 0 Å². The maximum atomic E-state index is 12.4. The Bertz CT molecular complexity index is 1870. The SMILES string of the molecule is O=C(CCc1c2ccccc2cc2ccccc12)OCCOCCOCCOCCOCCOCCOC(=O)CCc1c2ccccc2cc2ccccc12. The molecule has 0 radical (unpaired) electrons. The molecule has 0 aliphatic heterocycles. The Labute approximate surface area is 322 Å². The van der Waals surface area contributed by atoms with Crippen LogP contribution in [-0.2, 0) is 55.6 Å². The summed E-state index contributed by atoms with van der Waals surface area (Å²) in [6.07, 6.45) is 1.85. The van der Waals surface area contributed by atoms with Crippen LogP contribution in [-0.4, -0.2) is 91.2 Å². The largest absolute Gasteiger partial charge is 0.463 e. The second-order valence-electron chi connectivity index (χ2n) is 13.1. The van der Waals surface area contributed by atoms with Crippen LogP contribution in [0.3, 0.4) is 0 Å². The molecule has 6 aromatic carbocycles. The van der Waals surface area contributed by atoms with Crippen molar-refractivity contribution in [2.24, 2.45) is 0 Å². The average molecular weight is 747 g/mol. The van der Waals surface area contributed by atoms with Crippen molar-refractivity contribution in [1.29, 1.82) is 0 Å². The van der Waals surface area contributed by atoms with Gasteiger partial charge in [0.15, 0.2) is 0 Å². The molecular formula is C46H50O9. The number of rotatable bonds is 24. The third kappa shape index (κ3) is 12.0. The van der Waals surface area contributed by atoms with E-state index >= 15 is 0 Å². The van der Waals surface area contributed by atoms with Gasteiger partial charge in [-0.2, -0.15) is 0 Å². The second kappa shape index (κ2) is 21.9. The molecule has 0 saturated carbocycles. The predicted octanol–water partition coefficient (Wildman–Crippen LogP) is 8.03. The first-order chi connectivity index (χ1) is 27.2. The van der Waals surface area contributed by atoms with Crippen molar-refractivity contribution in [3.05, 3.63) is 120 Å². The number of carbonyl (C=O) groups is 2. The zero-order valence-corrected chi connectivity index (χ0v) is 31.4. The Kier molecular flexibility index (Phi) is 15.8. The first kappa shape index (κ1) is 39.8. The third-order valence-corrected chi connectivity index (χ3v) is 9.39. The lowest BCUT2D eigenvalue weighted by Crippen LogP contribution is -2.15. The van der Waals surface area contributed by atoms with Gasteiger partial charge in [0.1, 0.15) is 13.2 Å². The molecule has 55 heavy (non-hydrogen) atoms. The molecule has 0 aliphatic carbocycles. The number of ether oxygens (including phenoxy) is 7. The van der Waals surface area contributed by atoms with Gasteiger partial charge >= 0.3 is 11.9 Å². The highest BCUT2D eigenvalue weighted by Gasteiger charge is 2.12. The summed E-state index contributed by atoms with van der Waals surface area (Å²) in [7, 11) is 0. The minimum atomic E-state index is -0.234. The summed E-state index contributed by atoms with van der Waals surface area (Å²) in [4.78, 5) is 24.9. The molecular weight excluding hydrogens is 696 g/mol. The lowest BCUT2D eigenvalue weighted by Gasteiger charge is -2.12.